The predicted octanol–water partition coefficient (Wildman–Crippen LogP) is 26.1. The van der Waals surface area contributed by atoms with Crippen LogP contribution < -0.4 is 0 Å². The molecule has 105 heavy (non-hydrogen) atoms. The highest BCUT2D eigenvalue weighted by molar-refractivity contribution is 7.47. The highest BCUT2D eigenvalue weighted by atomic mass is 31.2. The fraction of sp³-hybridized carbons (Fsp3) is 0.953. The van der Waals surface area contributed by atoms with Gasteiger partial charge in [0.1, 0.15) is 19.3 Å². The standard InChI is InChI=1S/C86H168O17P2/c1-8-10-11-12-13-14-15-16-17-18-19-20-21-22-23-28-31-41-48-55-62-69-85(90)102-81(73-96-83(88)67-60-53-46-39-30-27-25-24-26-29-38-45-52-59-66-79(7)9-2)75-100-104(92,93)98-71-80(87)72-99-105(94,95)101-76-82(103-86(91)70-63-56-49-42-35-33-37-44-51-58-65-78(5)6)74-97-84(89)68-61-54-47-40-34-32-36-43-50-57-64-77(3)4/h77-82,87H,8-76H2,1-7H3,(H,92,93)(H,94,95)/t79?,80-,81-,82-/m1/s1. The summed E-state index contributed by atoms with van der Waals surface area (Å²) in [5.41, 5.74) is 0. The van der Waals surface area contributed by atoms with Gasteiger partial charge in [0.25, 0.3) is 0 Å². The molecule has 19 heteroatoms. The van der Waals surface area contributed by atoms with Crippen molar-refractivity contribution in [3.8, 4) is 0 Å². The minimum atomic E-state index is -4.97. The van der Waals surface area contributed by atoms with Gasteiger partial charge in [0, 0.05) is 25.7 Å². The van der Waals surface area contributed by atoms with Gasteiger partial charge in [-0.3, -0.25) is 37.3 Å². The van der Waals surface area contributed by atoms with Crippen LogP contribution in [0.3, 0.4) is 0 Å². The second-order valence-corrected chi connectivity index (χ2v) is 35.0. The van der Waals surface area contributed by atoms with Crippen molar-refractivity contribution < 1.29 is 80.2 Å². The lowest BCUT2D eigenvalue weighted by atomic mass is 9.99. The number of aliphatic hydroxyl groups is 1. The van der Waals surface area contributed by atoms with Crippen LogP contribution in [-0.2, 0) is 65.4 Å². The van der Waals surface area contributed by atoms with Crippen LogP contribution in [0.4, 0.5) is 0 Å². The van der Waals surface area contributed by atoms with Gasteiger partial charge >= 0.3 is 39.5 Å². The zero-order valence-corrected chi connectivity index (χ0v) is 71.0. The summed E-state index contributed by atoms with van der Waals surface area (Å²) >= 11 is 0. The molecule has 0 aromatic heterocycles. The van der Waals surface area contributed by atoms with E-state index < -0.39 is 97.5 Å². The fourth-order valence-corrected chi connectivity index (χ4v) is 14.9. The van der Waals surface area contributed by atoms with Crippen molar-refractivity contribution in [3.63, 3.8) is 0 Å². The lowest BCUT2D eigenvalue weighted by molar-refractivity contribution is -0.161. The number of phosphoric acid groups is 2. The minimum absolute atomic E-state index is 0.106. The number of esters is 4. The van der Waals surface area contributed by atoms with E-state index in [0.717, 1.165) is 108 Å². The number of hydrogen-bond donors (Lipinski definition) is 3. The smallest absolute Gasteiger partial charge is 0.462 e. The minimum Gasteiger partial charge on any atom is -0.462 e. The van der Waals surface area contributed by atoms with E-state index in [4.69, 9.17) is 37.0 Å². The average molecular weight is 1540 g/mol. The predicted molar refractivity (Wildman–Crippen MR) is 432 cm³/mol. The summed E-state index contributed by atoms with van der Waals surface area (Å²) in [5, 5.41) is 10.7. The van der Waals surface area contributed by atoms with Crippen molar-refractivity contribution in [1.82, 2.24) is 0 Å². The van der Waals surface area contributed by atoms with E-state index in [1.54, 1.807) is 0 Å². The van der Waals surface area contributed by atoms with Gasteiger partial charge in [-0.2, -0.15) is 0 Å². The summed E-state index contributed by atoms with van der Waals surface area (Å²) in [6.45, 7) is 12.0. The number of rotatable bonds is 84. The van der Waals surface area contributed by atoms with Gasteiger partial charge in [-0.15, -0.1) is 0 Å². The molecule has 0 saturated heterocycles. The molecule has 0 aliphatic rings. The molecule has 0 aliphatic carbocycles. The van der Waals surface area contributed by atoms with Gasteiger partial charge in [0.15, 0.2) is 12.2 Å². The molecule has 0 aliphatic heterocycles. The van der Waals surface area contributed by atoms with E-state index in [2.05, 4.69) is 48.5 Å². The Bertz CT molecular complexity index is 2030. The first-order valence-electron chi connectivity index (χ1n) is 44.4. The van der Waals surface area contributed by atoms with E-state index in [-0.39, 0.29) is 25.7 Å². The van der Waals surface area contributed by atoms with Crippen LogP contribution in [0.2, 0.25) is 0 Å². The number of aliphatic hydroxyl groups excluding tert-OH is 1. The van der Waals surface area contributed by atoms with Crippen LogP contribution in [-0.4, -0.2) is 96.7 Å². The molecule has 0 heterocycles. The van der Waals surface area contributed by atoms with Gasteiger partial charge in [0.05, 0.1) is 26.4 Å². The van der Waals surface area contributed by atoms with Crippen LogP contribution in [0, 0.1) is 17.8 Å². The average Bonchev–Trinajstić information content (AvgIpc) is 0.928. The number of carbonyl (C=O) groups is 4. The normalized spacial score (nSPS) is 14.1. The van der Waals surface area contributed by atoms with Crippen LogP contribution >= 0.6 is 15.6 Å². The van der Waals surface area contributed by atoms with E-state index in [1.165, 1.54) is 263 Å². The number of hydrogen-bond acceptors (Lipinski definition) is 15. The molecular weight excluding hydrogens is 1370 g/mol. The molecule has 6 atom stereocenters. The zero-order valence-electron chi connectivity index (χ0n) is 69.2. The molecule has 17 nitrogen and oxygen atoms in total. The van der Waals surface area contributed by atoms with Crippen molar-refractivity contribution in [3.05, 3.63) is 0 Å². The van der Waals surface area contributed by atoms with Crippen LogP contribution in [0.25, 0.3) is 0 Å². The second kappa shape index (κ2) is 76.1. The molecule has 0 saturated carbocycles. The Morgan fingerprint density at radius 1 is 0.276 bits per heavy atom. The van der Waals surface area contributed by atoms with Crippen molar-refractivity contribution in [1.29, 1.82) is 0 Å². The summed E-state index contributed by atoms with van der Waals surface area (Å²) in [4.78, 5) is 73.2. The van der Waals surface area contributed by atoms with Crippen molar-refractivity contribution in [2.24, 2.45) is 17.8 Å². The summed E-state index contributed by atoms with van der Waals surface area (Å²) in [6, 6.07) is 0. The van der Waals surface area contributed by atoms with Gasteiger partial charge in [-0.25, -0.2) is 9.13 Å². The molecule has 0 spiro atoms. The lowest BCUT2D eigenvalue weighted by Gasteiger charge is -2.21. The molecular formula is C86H168O17P2. The highest BCUT2D eigenvalue weighted by Crippen LogP contribution is 2.45. The van der Waals surface area contributed by atoms with E-state index in [9.17, 15) is 43.2 Å². The SMILES string of the molecule is CCCCCCCCCCCCCCCCCCCCCCCC(=O)O[C@H](COC(=O)CCCCCCCCCCCCCCCCC(C)CC)COP(=O)(O)OC[C@@H](O)COP(=O)(O)OC[C@@H](COC(=O)CCCCCCCCCCCCC(C)C)OC(=O)CCCCCCCCCCCCC(C)C. The van der Waals surface area contributed by atoms with E-state index in [1.807, 2.05) is 0 Å². The Hall–Kier alpha value is -1.94. The maximum Gasteiger partial charge on any atom is 0.472 e. The van der Waals surface area contributed by atoms with Crippen molar-refractivity contribution in [2.75, 3.05) is 39.6 Å². The number of ether oxygens (including phenoxy) is 4. The Labute approximate surface area is 645 Å². The first-order chi connectivity index (χ1) is 50.8. The van der Waals surface area contributed by atoms with Gasteiger partial charge < -0.3 is 33.8 Å². The molecule has 0 radical (unpaired) electrons. The first kappa shape index (κ1) is 103. The lowest BCUT2D eigenvalue weighted by Crippen LogP contribution is -2.30. The number of carbonyl (C=O) groups excluding carboxylic acids is 4. The Morgan fingerprint density at radius 2 is 0.486 bits per heavy atom. The zero-order chi connectivity index (χ0) is 77.2. The van der Waals surface area contributed by atoms with Gasteiger partial charge in [-0.1, -0.05) is 402 Å². The second-order valence-electron chi connectivity index (χ2n) is 32.1. The third-order valence-electron chi connectivity index (χ3n) is 20.5. The topological polar surface area (TPSA) is 237 Å². The number of unbranched alkanes of at least 4 members (excludes halogenated alkanes) is 51. The molecule has 0 bridgehead atoms. The maximum atomic E-state index is 13.2. The van der Waals surface area contributed by atoms with Crippen LogP contribution in [0.5, 0.6) is 0 Å². The molecule has 0 fully saturated rings. The van der Waals surface area contributed by atoms with Gasteiger partial charge in [0.2, 0.25) is 0 Å². The van der Waals surface area contributed by atoms with Gasteiger partial charge in [-0.05, 0) is 43.4 Å². The third kappa shape index (κ3) is 78.5. The Balaban J connectivity index is 5.25. The molecule has 0 aromatic carbocycles. The maximum absolute atomic E-state index is 13.2. The molecule has 0 amide bonds. The summed E-state index contributed by atoms with van der Waals surface area (Å²) in [6.07, 6.45) is 66.6. The van der Waals surface area contributed by atoms with Crippen molar-refractivity contribution >= 4 is 39.5 Å². The largest absolute Gasteiger partial charge is 0.472 e. The molecule has 0 aromatic rings. The molecule has 624 valence electrons. The summed E-state index contributed by atoms with van der Waals surface area (Å²) in [5.74, 6) is 0.255. The monoisotopic (exact) mass is 1540 g/mol. The quantitative estimate of drug-likeness (QED) is 0.0222. The molecule has 3 unspecified atom stereocenters. The highest BCUT2D eigenvalue weighted by Gasteiger charge is 2.30. The Morgan fingerprint density at radius 3 is 0.724 bits per heavy atom. The van der Waals surface area contributed by atoms with Crippen LogP contribution in [0.1, 0.15) is 453 Å². The number of phosphoric ester groups is 2. The Kier molecular flexibility index (Phi) is 74.7. The fourth-order valence-electron chi connectivity index (χ4n) is 13.3. The van der Waals surface area contributed by atoms with E-state index in [0.29, 0.717) is 25.7 Å². The van der Waals surface area contributed by atoms with Crippen molar-refractivity contribution in [2.45, 2.75) is 471 Å². The summed E-state index contributed by atoms with van der Waals surface area (Å²) in [7, 11) is -9.93. The van der Waals surface area contributed by atoms with E-state index >= 15 is 0 Å². The molecule has 0 rings (SSSR count). The molecule has 3 N–H and O–H groups in total. The summed E-state index contributed by atoms with van der Waals surface area (Å²) < 4.78 is 68.9. The first-order valence-corrected chi connectivity index (χ1v) is 47.4. The van der Waals surface area contributed by atoms with Crippen LogP contribution in [0.15, 0.2) is 0 Å². The third-order valence-corrected chi connectivity index (χ3v) is 22.4.